The number of carbonyl (C=O) groups is 2. The zero-order chi connectivity index (χ0) is 22.5. The highest BCUT2D eigenvalue weighted by Gasteiger charge is 2.28. The van der Waals surface area contributed by atoms with Gasteiger partial charge in [0.05, 0.1) is 16.1 Å². The molecule has 0 radical (unpaired) electrons. The number of fused-ring (bicyclic) bond motifs is 3. The summed E-state index contributed by atoms with van der Waals surface area (Å²) >= 11 is 6.06. The molecule has 0 unspecified atom stereocenters. The summed E-state index contributed by atoms with van der Waals surface area (Å²) < 4.78 is 5.48. The summed E-state index contributed by atoms with van der Waals surface area (Å²) in [6.07, 6.45) is -0.188. The van der Waals surface area contributed by atoms with Gasteiger partial charge >= 0.3 is 12.1 Å². The third-order valence-corrected chi connectivity index (χ3v) is 5.64. The van der Waals surface area contributed by atoms with Gasteiger partial charge in [0.1, 0.15) is 6.61 Å². The van der Waals surface area contributed by atoms with Gasteiger partial charge in [0.15, 0.2) is 0 Å². The number of benzene rings is 3. The topological polar surface area (TPSA) is 75.6 Å². The number of carboxylic acids is 1. The first kappa shape index (κ1) is 21.5. The molecular weight excluding hydrogens is 426 g/mol. The lowest BCUT2D eigenvalue weighted by atomic mass is 9.98. The van der Waals surface area contributed by atoms with Crippen LogP contribution in [0.15, 0.2) is 66.7 Å². The minimum atomic E-state index is -1.09. The van der Waals surface area contributed by atoms with E-state index >= 15 is 0 Å². The van der Waals surface area contributed by atoms with Crippen molar-refractivity contribution in [2.75, 3.05) is 13.2 Å². The summed E-state index contributed by atoms with van der Waals surface area (Å²) in [6.45, 7) is 0.518. The second-order valence-electron chi connectivity index (χ2n) is 7.27. The SMILES string of the molecule is O=C(NCCC#Cc1c(Cl)cccc1C(=O)O)OCC1c2ccccc2-c2ccccc21. The van der Waals surface area contributed by atoms with Gasteiger partial charge in [-0.3, -0.25) is 0 Å². The normalized spacial score (nSPS) is 11.7. The quantitative estimate of drug-likeness (QED) is 0.411. The molecule has 0 aliphatic heterocycles. The number of aromatic carboxylic acids is 1. The Kier molecular flexibility index (Phi) is 6.44. The van der Waals surface area contributed by atoms with Crippen molar-refractivity contribution in [1.82, 2.24) is 5.32 Å². The van der Waals surface area contributed by atoms with Gasteiger partial charge < -0.3 is 15.2 Å². The van der Waals surface area contributed by atoms with Crippen molar-refractivity contribution in [1.29, 1.82) is 0 Å². The van der Waals surface area contributed by atoms with Crippen LogP contribution in [0.1, 0.15) is 39.4 Å². The van der Waals surface area contributed by atoms with Crippen LogP contribution in [-0.2, 0) is 4.74 Å². The number of alkyl carbamates (subject to hydrolysis) is 1. The molecule has 160 valence electrons. The number of hydrogen-bond donors (Lipinski definition) is 2. The first-order valence-corrected chi connectivity index (χ1v) is 10.5. The molecule has 1 aliphatic rings. The summed E-state index contributed by atoms with van der Waals surface area (Å²) in [7, 11) is 0. The van der Waals surface area contributed by atoms with E-state index in [-0.39, 0.29) is 35.2 Å². The van der Waals surface area contributed by atoms with Crippen LogP contribution in [-0.4, -0.2) is 30.3 Å². The number of nitrogens with one attached hydrogen (secondary N) is 1. The smallest absolute Gasteiger partial charge is 0.407 e. The molecule has 0 spiro atoms. The molecule has 5 nitrogen and oxygen atoms in total. The lowest BCUT2D eigenvalue weighted by Crippen LogP contribution is -2.26. The molecule has 3 aromatic rings. The predicted molar refractivity (Wildman–Crippen MR) is 123 cm³/mol. The van der Waals surface area contributed by atoms with Gasteiger partial charge in [0.25, 0.3) is 0 Å². The van der Waals surface area contributed by atoms with Crippen LogP contribution in [0, 0.1) is 11.8 Å². The van der Waals surface area contributed by atoms with Crippen LogP contribution in [0.4, 0.5) is 4.79 Å². The van der Waals surface area contributed by atoms with Gasteiger partial charge in [-0.2, -0.15) is 0 Å². The Morgan fingerprint density at radius 3 is 2.28 bits per heavy atom. The van der Waals surface area contributed by atoms with Gasteiger partial charge in [0.2, 0.25) is 0 Å². The molecule has 1 aliphatic carbocycles. The van der Waals surface area contributed by atoms with E-state index in [1.165, 1.54) is 17.2 Å². The Labute approximate surface area is 191 Å². The number of rotatable bonds is 5. The number of halogens is 1. The number of hydrogen-bond acceptors (Lipinski definition) is 3. The van der Waals surface area contributed by atoms with E-state index in [0.717, 1.165) is 11.1 Å². The molecule has 0 bridgehead atoms. The summed E-state index contributed by atoms with van der Waals surface area (Å²) in [5, 5.41) is 12.2. The van der Waals surface area contributed by atoms with E-state index in [1.54, 1.807) is 12.1 Å². The summed E-state index contributed by atoms with van der Waals surface area (Å²) in [6, 6.07) is 20.9. The van der Waals surface area contributed by atoms with Gasteiger partial charge in [-0.25, -0.2) is 9.59 Å². The molecule has 0 aromatic heterocycles. The van der Waals surface area contributed by atoms with E-state index in [2.05, 4.69) is 41.4 Å². The molecular formula is C26H20ClNO4. The average molecular weight is 446 g/mol. The minimum absolute atomic E-state index is 0.00241. The van der Waals surface area contributed by atoms with Crippen molar-refractivity contribution in [3.63, 3.8) is 0 Å². The Morgan fingerprint density at radius 2 is 1.62 bits per heavy atom. The maximum absolute atomic E-state index is 12.2. The van der Waals surface area contributed by atoms with E-state index < -0.39 is 12.1 Å². The van der Waals surface area contributed by atoms with Crippen LogP contribution in [0.25, 0.3) is 11.1 Å². The van der Waals surface area contributed by atoms with Gasteiger partial charge in [-0.05, 0) is 34.4 Å². The molecule has 0 atom stereocenters. The van der Waals surface area contributed by atoms with Crippen LogP contribution in [0.2, 0.25) is 5.02 Å². The molecule has 0 saturated heterocycles. The van der Waals surface area contributed by atoms with Crippen molar-refractivity contribution in [3.8, 4) is 23.0 Å². The van der Waals surface area contributed by atoms with Crippen molar-refractivity contribution >= 4 is 23.7 Å². The van der Waals surface area contributed by atoms with Gasteiger partial charge in [-0.1, -0.05) is 78.0 Å². The molecule has 6 heteroatoms. The van der Waals surface area contributed by atoms with E-state index in [4.69, 9.17) is 16.3 Å². The highest BCUT2D eigenvalue weighted by Crippen LogP contribution is 2.44. The fourth-order valence-corrected chi connectivity index (χ4v) is 4.08. The van der Waals surface area contributed by atoms with Crippen LogP contribution >= 0.6 is 11.6 Å². The molecule has 4 rings (SSSR count). The number of ether oxygens (including phenoxy) is 1. The zero-order valence-electron chi connectivity index (χ0n) is 17.1. The fourth-order valence-electron chi connectivity index (χ4n) is 3.86. The molecule has 32 heavy (non-hydrogen) atoms. The Bertz CT molecular complexity index is 1200. The molecule has 0 heterocycles. The van der Waals surface area contributed by atoms with E-state index in [9.17, 15) is 14.7 Å². The molecule has 0 saturated carbocycles. The van der Waals surface area contributed by atoms with Crippen molar-refractivity contribution in [2.45, 2.75) is 12.3 Å². The van der Waals surface area contributed by atoms with E-state index in [1.807, 2.05) is 24.3 Å². The highest BCUT2D eigenvalue weighted by molar-refractivity contribution is 6.32. The Balaban J connectivity index is 1.32. The number of amides is 1. The molecule has 3 aromatic carbocycles. The first-order valence-electron chi connectivity index (χ1n) is 10.2. The summed E-state index contributed by atoms with van der Waals surface area (Å²) in [4.78, 5) is 23.5. The lowest BCUT2D eigenvalue weighted by molar-refractivity contribution is 0.0696. The van der Waals surface area contributed by atoms with E-state index in [0.29, 0.717) is 6.42 Å². The van der Waals surface area contributed by atoms with Crippen molar-refractivity contribution < 1.29 is 19.4 Å². The third-order valence-electron chi connectivity index (χ3n) is 5.32. The monoisotopic (exact) mass is 445 g/mol. The zero-order valence-corrected chi connectivity index (χ0v) is 17.9. The third kappa shape index (κ3) is 4.46. The lowest BCUT2D eigenvalue weighted by Gasteiger charge is -2.14. The largest absolute Gasteiger partial charge is 0.478 e. The van der Waals surface area contributed by atoms with Crippen LogP contribution in [0.5, 0.6) is 0 Å². The van der Waals surface area contributed by atoms with Gasteiger partial charge in [-0.15, -0.1) is 0 Å². The molecule has 0 fully saturated rings. The second-order valence-corrected chi connectivity index (χ2v) is 7.68. The Hall–Kier alpha value is -3.75. The van der Waals surface area contributed by atoms with Crippen molar-refractivity contribution in [2.24, 2.45) is 0 Å². The fraction of sp³-hybridized carbons (Fsp3) is 0.154. The maximum atomic E-state index is 12.2. The summed E-state index contributed by atoms with van der Waals surface area (Å²) in [5.74, 6) is 4.54. The van der Waals surface area contributed by atoms with Crippen molar-refractivity contribution in [3.05, 3.63) is 94.0 Å². The average Bonchev–Trinajstić information content (AvgIpc) is 3.12. The number of carboxylic acid groups (broad SMARTS) is 1. The second kappa shape index (κ2) is 9.59. The van der Waals surface area contributed by atoms with Gasteiger partial charge in [0, 0.05) is 18.9 Å². The maximum Gasteiger partial charge on any atom is 0.407 e. The minimum Gasteiger partial charge on any atom is -0.478 e. The van der Waals surface area contributed by atoms with Crippen LogP contribution in [0.3, 0.4) is 0 Å². The first-order chi connectivity index (χ1) is 15.6. The predicted octanol–water partition coefficient (Wildman–Crippen LogP) is 5.32. The molecule has 1 amide bonds. The summed E-state index contributed by atoms with van der Waals surface area (Å²) in [5.41, 5.74) is 4.97. The number of carbonyl (C=O) groups excluding carboxylic acids is 1. The Morgan fingerprint density at radius 1 is 0.969 bits per heavy atom. The van der Waals surface area contributed by atoms with Crippen LogP contribution < -0.4 is 5.32 Å². The molecule has 2 N–H and O–H groups in total. The highest BCUT2D eigenvalue weighted by atomic mass is 35.5. The standard InChI is InChI=1S/C26H20ClNO4/c27-24-14-7-13-22(25(29)30)21(24)12-5-6-15-28-26(31)32-16-23-19-10-3-1-8-17(19)18-9-2-4-11-20(18)23/h1-4,7-11,13-14,23H,6,15-16H2,(H,28,31)(H,29,30).